The van der Waals surface area contributed by atoms with Crippen LogP contribution in [0.1, 0.15) is 20.7 Å². The fraction of sp³-hybridized carbons (Fsp3) is 0. The van der Waals surface area contributed by atoms with Gasteiger partial charge in [-0.05, 0) is 18.2 Å². The van der Waals surface area contributed by atoms with Crippen molar-refractivity contribution in [1.29, 1.82) is 0 Å². The number of rotatable bonds is 1. The van der Waals surface area contributed by atoms with Crippen molar-refractivity contribution in [3.05, 3.63) is 48.0 Å². The van der Waals surface area contributed by atoms with E-state index in [4.69, 9.17) is 0 Å². The van der Waals surface area contributed by atoms with Crippen LogP contribution in [0.3, 0.4) is 0 Å². The Morgan fingerprint density at radius 3 is 2.74 bits per heavy atom. The van der Waals surface area contributed by atoms with Gasteiger partial charge >= 0.3 is 6.03 Å². The van der Waals surface area contributed by atoms with Gasteiger partial charge in [0.1, 0.15) is 6.33 Å². The predicted octanol–water partition coefficient (Wildman–Crippen LogP) is 0.847. The first-order valence-electron chi connectivity index (χ1n) is 5.44. The van der Waals surface area contributed by atoms with E-state index in [-0.39, 0.29) is 5.56 Å². The highest BCUT2D eigenvalue weighted by Crippen LogP contribution is 2.20. The SMILES string of the molecule is O=C1NC(=O)c2cc(NC(=O)n3ccnc3)ccc21. The highest BCUT2D eigenvalue weighted by molar-refractivity contribution is 6.22. The number of carbonyl (C=O) groups excluding carboxylic acids is 3. The van der Waals surface area contributed by atoms with Crippen molar-refractivity contribution >= 4 is 23.5 Å². The second kappa shape index (κ2) is 4.05. The van der Waals surface area contributed by atoms with Gasteiger partial charge in [-0.1, -0.05) is 0 Å². The van der Waals surface area contributed by atoms with E-state index in [2.05, 4.69) is 15.6 Å². The molecule has 0 saturated carbocycles. The molecule has 7 nitrogen and oxygen atoms in total. The van der Waals surface area contributed by atoms with Crippen molar-refractivity contribution in [2.24, 2.45) is 0 Å². The van der Waals surface area contributed by atoms with Crippen LogP contribution < -0.4 is 10.6 Å². The van der Waals surface area contributed by atoms with Crippen LogP contribution in [0.5, 0.6) is 0 Å². The van der Waals surface area contributed by atoms with Crippen LogP contribution in [0, 0.1) is 0 Å². The fourth-order valence-corrected chi connectivity index (χ4v) is 1.81. The average Bonchev–Trinajstić information content (AvgIpc) is 2.99. The molecule has 1 aliphatic rings. The first-order valence-corrected chi connectivity index (χ1v) is 5.44. The van der Waals surface area contributed by atoms with Crippen molar-refractivity contribution in [3.8, 4) is 0 Å². The Morgan fingerprint density at radius 2 is 2.00 bits per heavy atom. The van der Waals surface area contributed by atoms with E-state index < -0.39 is 17.8 Å². The number of imide groups is 1. The van der Waals surface area contributed by atoms with Crippen LogP contribution in [0.25, 0.3) is 0 Å². The zero-order chi connectivity index (χ0) is 13.4. The number of imidazole rings is 1. The minimum absolute atomic E-state index is 0.258. The van der Waals surface area contributed by atoms with Crippen LogP contribution in [-0.4, -0.2) is 27.4 Å². The maximum Gasteiger partial charge on any atom is 0.331 e. The lowest BCUT2D eigenvalue weighted by molar-refractivity contribution is 0.0879. The minimum atomic E-state index is -0.460. The Balaban J connectivity index is 1.88. The van der Waals surface area contributed by atoms with E-state index in [1.807, 2.05) is 0 Å². The molecular weight excluding hydrogens is 248 g/mol. The number of aromatic nitrogens is 2. The predicted molar refractivity (Wildman–Crippen MR) is 64.9 cm³/mol. The molecule has 2 N–H and O–H groups in total. The quantitative estimate of drug-likeness (QED) is 0.739. The van der Waals surface area contributed by atoms with Gasteiger partial charge < -0.3 is 5.32 Å². The standard InChI is InChI=1S/C12H8N4O3/c17-10-8-2-1-7(5-9(8)11(18)15-10)14-12(19)16-4-3-13-6-16/h1-6H,(H,14,19)(H,15,17,18). The summed E-state index contributed by atoms with van der Waals surface area (Å²) in [6, 6.07) is 4.12. The first-order chi connectivity index (χ1) is 9.15. The molecule has 0 fully saturated rings. The Hall–Kier alpha value is -2.96. The van der Waals surface area contributed by atoms with Crippen molar-refractivity contribution in [3.63, 3.8) is 0 Å². The summed E-state index contributed by atoms with van der Waals surface area (Å²) >= 11 is 0. The van der Waals surface area contributed by atoms with Gasteiger partial charge in [0.05, 0.1) is 11.1 Å². The number of amides is 3. The number of hydrogen-bond donors (Lipinski definition) is 2. The lowest BCUT2D eigenvalue weighted by Gasteiger charge is -2.05. The molecule has 0 unspecified atom stereocenters. The Labute approximate surface area is 107 Å². The Morgan fingerprint density at radius 1 is 1.21 bits per heavy atom. The largest absolute Gasteiger partial charge is 0.331 e. The molecule has 0 radical (unpaired) electrons. The summed E-state index contributed by atoms with van der Waals surface area (Å²) in [5, 5.41) is 4.79. The monoisotopic (exact) mass is 256 g/mol. The molecule has 1 aliphatic heterocycles. The van der Waals surface area contributed by atoms with Crippen LogP contribution in [0.15, 0.2) is 36.9 Å². The van der Waals surface area contributed by atoms with Crippen molar-refractivity contribution < 1.29 is 14.4 Å². The molecule has 0 aliphatic carbocycles. The summed E-state index contributed by atoms with van der Waals surface area (Å²) in [5.41, 5.74) is 1.00. The van der Waals surface area contributed by atoms with Gasteiger partial charge in [0.25, 0.3) is 11.8 Å². The molecule has 19 heavy (non-hydrogen) atoms. The number of hydrogen-bond acceptors (Lipinski definition) is 4. The number of carbonyl (C=O) groups is 3. The number of fused-ring (bicyclic) bond motifs is 1. The Kier molecular flexibility index (Phi) is 2.38. The molecule has 1 aromatic carbocycles. The van der Waals surface area contributed by atoms with Gasteiger partial charge in [0.2, 0.25) is 0 Å². The summed E-state index contributed by atoms with van der Waals surface area (Å²) < 4.78 is 1.26. The molecule has 0 spiro atoms. The second-order valence-corrected chi connectivity index (χ2v) is 3.94. The summed E-state index contributed by atoms with van der Waals surface area (Å²) in [7, 11) is 0. The van der Waals surface area contributed by atoms with Crippen LogP contribution in [0.2, 0.25) is 0 Å². The smallest absolute Gasteiger partial charge is 0.307 e. The normalized spacial score (nSPS) is 13.1. The summed E-state index contributed by atoms with van der Waals surface area (Å²) in [6.45, 7) is 0. The summed E-state index contributed by atoms with van der Waals surface area (Å²) in [6.07, 6.45) is 4.34. The van der Waals surface area contributed by atoms with E-state index >= 15 is 0 Å². The molecular formula is C12H8N4O3. The highest BCUT2D eigenvalue weighted by Gasteiger charge is 2.26. The van der Waals surface area contributed by atoms with Gasteiger partial charge in [0.15, 0.2) is 0 Å². The van der Waals surface area contributed by atoms with Crippen molar-refractivity contribution in [2.75, 3.05) is 5.32 Å². The van der Waals surface area contributed by atoms with Crippen molar-refractivity contribution in [1.82, 2.24) is 14.9 Å². The van der Waals surface area contributed by atoms with Crippen molar-refractivity contribution in [2.45, 2.75) is 0 Å². The van der Waals surface area contributed by atoms with Gasteiger partial charge in [-0.25, -0.2) is 9.78 Å². The van der Waals surface area contributed by atoms with E-state index in [9.17, 15) is 14.4 Å². The average molecular weight is 256 g/mol. The Bertz CT molecular complexity index is 691. The lowest BCUT2D eigenvalue weighted by atomic mass is 10.1. The number of anilines is 1. The van der Waals surface area contributed by atoms with Crippen LogP contribution >= 0.6 is 0 Å². The van der Waals surface area contributed by atoms with Crippen LogP contribution in [0.4, 0.5) is 10.5 Å². The van der Waals surface area contributed by atoms with Gasteiger partial charge in [-0.2, -0.15) is 0 Å². The highest BCUT2D eigenvalue weighted by atomic mass is 16.2. The molecule has 2 heterocycles. The van der Waals surface area contributed by atoms with E-state index in [1.165, 1.54) is 35.4 Å². The first kappa shape index (κ1) is 11.1. The molecule has 0 atom stereocenters. The number of nitrogens with one attached hydrogen (secondary N) is 2. The molecule has 0 saturated heterocycles. The number of benzene rings is 1. The third-order valence-electron chi connectivity index (χ3n) is 2.73. The molecule has 7 heteroatoms. The molecule has 2 aromatic rings. The number of nitrogens with zero attached hydrogens (tertiary/aromatic N) is 2. The molecule has 3 amide bonds. The summed E-state index contributed by atoms with van der Waals surface area (Å²) in [5.74, 6) is -0.883. The van der Waals surface area contributed by atoms with Gasteiger partial charge in [-0.3, -0.25) is 19.5 Å². The minimum Gasteiger partial charge on any atom is -0.307 e. The van der Waals surface area contributed by atoms with Crippen LogP contribution in [-0.2, 0) is 0 Å². The molecule has 94 valence electrons. The molecule has 0 bridgehead atoms. The second-order valence-electron chi connectivity index (χ2n) is 3.94. The van der Waals surface area contributed by atoms with E-state index in [1.54, 1.807) is 6.07 Å². The van der Waals surface area contributed by atoms with Gasteiger partial charge in [-0.15, -0.1) is 0 Å². The summed E-state index contributed by atoms with van der Waals surface area (Å²) in [4.78, 5) is 38.4. The lowest BCUT2D eigenvalue weighted by Crippen LogP contribution is -2.20. The van der Waals surface area contributed by atoms with Gasteiger partial charge in [0, 0.05) is 18.1 Å². The topological polar surface area (TPSA) is 93.1 Å². The third-order valence-corrected chi connectivity index (χ3v) is 2.73. The molecule has 1 aromatic heterocycles. The molecule has 3 rings (SSSR count). The maximum absolute atomic E-state index is 11.8. The zero-order valence-corrected chi connectivity index (χ0v) is 9.58. The van der Waals surface area contributed by atoms with E-state index in [0.29, 0.717) is 11.3 Å². The zero-order valence-electron chi connectivity index (χ0n) is 9.58. The maximum atomic E-state index is 11.8. The van der Waals surface area contributed by atoms with E-state index in [0.717, 1.165) is 0 Å². The third kappa shape index (κ3) is 1.86. The fourth-order valence-electron chi connectivity index (χ4n) is 1.81.